The minimum Gasteiger partial charge on any atom is -0.280 e. The second-order valence-corrected chi connectivity index (χ2v) is 5.71. The second kappa shape index (κ2) is 4.56. The van der Waals surface area contributed by atoms with Crippen LogP contribution in [-0.4, -0.2) is 17.5 Å². The number of hydrogen-bond donors (Lipinski definition) is 1. The molecule has 0 bridgehead atoms. The number of hydrogen-bond acceptors (Lipinski definition) is 2. The summed E-state index contributed by atoms with van der Waals surface area (Å²) < 4.78 is 0. The van der Waals surface area contributed by atoms with Crippen LogP contribution in [0, 0.1) is 5.92 Å². The minimum absolute atomic E-state index is 0.0486. The number of amides is 1. The van der Waals surface area contributed by atoms with E-state index in [1.807, 2.05) is 12.1 Å². The topological polar surface area (TPSA) is 46.3 Å². The molecule has 3 rings (SSSR count). The van der Waals surface area contributed by atoms with E-state index >= 15 is 0 Å². The number of carbonyl (C=O) groups excluding carboxylic acids is 1. The normalized spacial score (nSPS) is 27.4. The van der Waals surface area contributed by atoms with Gasteiger partial charge in [-0.15, -0.1) is 0 Å². The Labute approximate surface area is 112 Å². The Morgan fingerprint density at radius 3 is 2.83 bits per heavy atom. The molecule has 2 aliphatic rings. The van der Waals surface area contributed by atoms with Gasteiger partial charge in [0.15, 0.2) is 0 Å². The van der Waals surface area contributed by atoms with Crippen LogP contribution in [0.4, 0.5) is 0 Å². The number of benzene rings is 1. The number of nitrogens with two attached hydrogens (primary N) is 1. The summed E-state index contributed by atoms with van der Waals surface area (Å²) in [7, 11) is 0. The molecule has 0 aromatic heterocycles. The van der Waals surface area contributed by atoms with Crippen molar-refractivity contribution < 1.29 is 4.79 Å². The highest BCUT2D eigenvalue weighted by atomic mass is 35.5. The maximum Gasteiger partial charge on any atom is 0.240 e. The molecule has 1 aliphatic heterocycles. The second-order valence-electron chi connectivity index (χ2n) is 5.27. The van der Waals surface area contributed by atoms with Gasteiger partial charge < -0.3 is 0 Å². The van der Waals surface area contributed by atoms with E-state index in [0.29, 0.717) is 12.5 Å². The lowest BCUT2D eigenvalue weighted by Gasteiger charge is -2.29. The number of nitrogens with zero attached hydrogens (tertiary/aromatic N) is 1. The molecular formula is C14H17ClN2O. The molecule has 4 heteroatoms. The molecule has 18 heavy (non-hydrogen) atoms. The largest absolute Gasteiger partial charge is 0.280 e. The number of halogens is 1. The van der Waals surface area contributed by atoms with Gasteiger partial charge in [0.1, 0.15) is 0 Å². The van der Waals surface area contributed by atoms with Crippen molar-refractivity contribution in [1.29, 1.82) is 0 Å². The lowest BCUT2D eigenvalue weighted by atomic mass is 9.75. The van der Waals surface area contributed by atoms with E-state index in [0.717, 1.165) is 30.7 Å². The predicted octanol–water partition coefficient (Wildman–Crippen LogP) is 2.48. The maximum absolute atomic E-state index is 12.1. The highest BCUT2D eigenvalue weighted by molar-refractivity contribution is 6.30. The van der Waals surface area contributed by atoms with Crippen molar-refractivity contribution in [1.82, 2.24) is 5.01 Å². The van der Waals surface area contributed by atoms with Crippen molar-refractivity contribution in [3.8, 4) is 0 Å². The average Bonchev–Trinajstić information content (AvgIpc) is 2.69. The summed E-state index contributed by atoms with van der Waals surface area (Å²) in [4.78, 5) is 12.1. The molecule has 1 aliphatic carbocycles. The van der Waals surface area contributed by atoms with Crippen LogP contribution in [-0.2, 0) is 11.2 Å². The zero-order valence-electron chi connectivity index (χ0n) is 10.2. The van der Waals surface area contributed by atoms with Crippen molar-refractivity contribution in [2.45, 2.75) is 31.6 Å². The summed E-state index contributed by atoms with van der Waals surface area (Å²) in [5.74, 6) is 6.12. The Balaban J connectivity index is 1.96. The number of rotatable bonds is 1. The van der Waals surface area contributed by atoms with Gasteiger partial charge in [-0.25, -0.2) is 5.84 Å². The first-order valence-corrected chi connectivity index (χ1v) is 6.89. The Bertz CT molecular complexity index is 489. The number of aryl methyl sites for hydroxylation is 1. The van der Waals surface area contributed by atoms with Gasteiger partial charge in [0, 0.05) is 17.5 Å². The zero-order valence-corrected chi connectivity index (χ0v) is 11.0. The van der Waals surface area contributed by atoms with Crippen LogP contribution < -0.4 is 5.84 Å². The lowest BCUT2D eigenvalue weighted by Crippen LogP contribution is -2.35. The highest BCUT2D eigenvalue weighted by Crippen LogP contribution is 2.41. The SMILES string of the molecule is NN1CC[C@H](C2CCCc3ccc(Cl)cc32)C1=O. The predicted molar refractivity (Wildman–Crippen MR) is 71.1 cm³/mol. The summed E-state index contributed by atoms with van der Waals surface area (Å²) in [6, 6.07) is 6.07. The van der Waals surface area contributed by atoms with E-state index in [1.54, 1.807) is 0 Å². The molecular weight excluding hydrogens is 248 g/mol. The van der Waals surface area contributed by atoms with E-state index in [9.17, 15) is 4.79 Å². The van der Waals surface area contributed by atoms with Crippen molar-refractivity contribution in [3.05, 3.63) is 34.3 Å². The molecule has 96 valence electrons. The molecule has 2 atom stereocenters. The van der Waals surface area contributed by atoms with Crippen LogP contribution in [0.25, 0.3) is 0 Å². The Hall–Kier alpha value is -1.06. The monoisotopic (exact) mass is 264 g/mol. The molecule has 3 nitrogen and oxygen atoms in total. The van der Waals surface area contributed by atoms with Gasteiger partial charge in [-0.3, -0.25) is 9.80 Å². The summed E-state index contributed by atoms with van der Waals surface area (Å²) in [6.07, 6.45) is 4.17. The molecule has 0 spiro atoms. The smallest absolute Gasteiger partial charge is 0.240 e. The van der Waals surface area contributed by atoms with E-state index < -0.39 is 0 Å². The first-order chi connectivity index (χ1) is 8.66. The van der Waals surface area contributed by atoms with E-state index in [-0.39, 0.29) is 11.8 Å². The van der Waals surface area contributed by atoms with Crippen LogP contribution in [0.2, 0.25) is 5.02 Å². The molecule has 0 radical (unpaired) electrons. The zero-order chi connectivity index (χ0) is 12.7. The highest BCUT2D eigenvalue weighted by Gasteiger charge is 2.38. The van der Waals surface area contributed by atoms with E-state index in [4.69, 9.17) is 17.4 Å². The maximum atomic E-state index is 12.1. The van der Waals surface area contributed by atoms with E-state index in [1.165, 1.54) is 16.1 Å². The van der Waals surface area contributed by atoms with Gasteiger partial charge in [0.2, 0.25) is 5.91 Å². The van der Waals surface area contributed by atoms with Crippen LogP contribution in [0.5, 0.6) is 0 Å². The first kappa shape index (κ1) is 12.0. The Morgan fingerprint density at radius 1 is 1.28 bits per heavy atom. The van der Waals surface area contributed by atoms with Crippen molar-refractivity contribution >= 4 is 17.5 Å². The van der Waals surface area contributed by atoms with Gasteiger partial charge in [-0.2, -0.15) is 0 Å². The standard InChI is InChI=1S/C14H17ClN2O/c15-10-5-4-9-2-1-3-11(13(9)8-10)12-6-7-17(16)14(12)18/h4-5,8,11-12H,1-3,6-7,16H2/t11?,12-/m1/s1. The fourth-order valence-corrected chi connectivity index (χ4v) is 3.50. The number of fused-ring (bicyclic) bond motifs is 1. The summed E-state index contributed by atoms with van der Waals surface area (Å²) in [5, 5.41) is 2.12. The van der Waals surface area contributed by atoms with Gasteiger partial charge in [-0.1, -0.05) is 17.7 Å². The number of carbonyl (C=O) groups is 1. The third kappa shape index (κ3) is 1.91. The van der Waals surface area contributed by atoms with Crippen LogP contribution in [0.3, 0.4) is 0 Å². The molecule has 1 fully saturated rings. The van der Waals surface area contributed by atoms with Crippen LogP contribution in [0.1, 0.15) is 36.3 Å². The summed E-state index contributed by atoms with van der Waals surface area (Å²) in [5.41, 5.74) is 2.61. The summed E-state index contributed by atoms with van der Waals surface area (Å²) >= 11 is 6.09. The molecule has 1 aromatic carbocycles. The minimum atomic E-state index is 0.0486. The number of hydrazine groups is 1. The first-order valence-electron chi connectivity index (χ1n) is 6.51. The molecule has 1 aromatic rings. The molecule has 1 amide bonds. The molecule has 2 N–H and O–H groups in total. The quantitative estimate of drug-likeness (QED) is 0.626. The Morgan fingerprint density at radius 2 is 2.11 bits per heavy atom. The van der Waals surface area contributed by atoms with Gasteiger partial charge in [-0.05, 0) is 54.9 Å². The molecule has 1 unspecified atom stereocenters. The summed E-state index contributed by atoms with van der Waals surface area (Å²) in [6.45, 7) is 0.676. The van der Waals surface area contributed by atoms with Crippen LogP contribution >= 0.6 is 11.6 Å². The van der Waals surface area contributed by atoms with Crippen LogP contribution in [0.15, 0.2) is 18.2 Å². The van der Waals surface area contributed by atoms with Crippen molar-refractivity contribution in [2.75, 3.05) is 6.54 Å². The third-order valence-electron chi connectivity index (χ3n) is 4.24. The fourth-order valence-electron chi connectivity index (χ4n) is 3.32. The Kier molecular flexibility index (Phi) is 3.04. The molecule has 1 saturated heterocycles. The lowest BCUT2D eigenvalue weighted by molar-refractivity contribution is -0.131. The molecule has 1 heterocycles. The average molecular weight is 265 g/mol. The van der Waals surface area contributed by atoms with Gasteiger partial charge >= 0.3 is 0 Å². The fraction of sp³-hybridized carbons (Fsp3) is 0.500. The third-order valence-corrected chi connectivity index (χ3v) is 4.47. The molecule has 0 saturated carbocycles. The van der Waals surface area contributed by atoms with Gasteiger partial charge in [0.25, 0.3) is 0 Å². The van der Waals surface area contributed by atoms with Crippen molar-refractivity contribution in [2.24, 2.45) is 11.8 Å². The van der Waals surface area contributed by atoms with E-state index in [2.05, 4.69) is 6.07 Å². The van der Waals surface area contributed by atoms with Crippen molar-refractivity contribution in [3.63, 3.8) is 0 Å². The van der Waals surface area contributed by atoms with Gasteiger partial charge in [0.05, 0.1) is 0 Å².